The number of para-hydroxylation sites is 1. The van der Waals surface area contributed by atoms with Crippen molar-refractivity contribution in [3.63, 3.8) is 0 Å². The van der Waals surface area contributed by atoms with Crippen LogP contribution in [-0.2, 0) is 6.42 Å². The molecule has 4 heterocycles. The number of carbonyl (C=O) groups is 1. The van der Waals surface area contributed by atoms with Gasteiger partial charge in [0.05, 0.1) is 11.6 Å². The first-order valence-corrected chi connectivity index (χ1v) is 12.6. The van der Waals surface area contributed by atoms with Crippen molar-refractivity contribution in [1.82, 2.24) is 29.9 Å². The number of nitrogens with zero attached hydrogens (tertiary/aromatic N) is 6. The zero-order valence-corrected chi connectivity index (χ0v) is 20.6. The number of halogens is 1. The molecule has 3 aromatic heterocycles. The maximum absolute atomic E-state index is 13.1. The van der Waals surface area contributed by atoms with Crippen LogP contribution in [0.25, 0.3) is 16.7 Å². The molecule has 1 N–H and O–H groups in total. The van der Waals surface area contributed by atoms with E-state index < -0.39 is 0 Å². The number of carbonyl (C=O) groups excluding carboxylic acids is 1. The quantitative estimate of drug-likeness (QED) is 0.338. The average molecular weight is 512 g/mol. The highest BCUT2D eigenvalue weighted by atomic mass is 19.1. The summed E-state index contributed by atoms with van der Waals surface area (Å²) >= 11 is 0. The second-order valence-electron chi connectivity index (χ2n) is 9.23. The molecule has 5 aromatic rings. The predicted octanol–water partition coefficient (Wildman–Crippen LogP) is 3.83. The van der Waals surface area contributed by atoms with Gasteiger partial charge in [0.2, 0.25) is 0 Å². The Bertz CT molecular complexity index is 1590. The number of hydrogen-bond donors (Lipinski definition) is 1. The van der Waals surface area contributed by atoms with Crippen LogP contribution in [0.15, 0.2) is 73.2 Å². The number of ether oxygens (including phenoxy) is 1. The lowest BCUT2D eigenvalue weighted by Crippen LogP contribution is -2.35. The number of aromatic nitrogens is 5. The van der Waals surface area contributed by atoms with Gasteiger partial charge >= 0.3 is 0 Å². The van der Waals surface area contributed by atoms with Crippen LogP contribution in [0.4, 0.5) is 10.2 Å². The lowest BCUT2D eigenvalue weighted by Gasteiger charge is -2.26. The first-order chi connectivity index (χ1) is 18.7. The summed E-state index contributed by atoms with van der Waals surface area (Å²) in [6.45, 7) is 1.73. The van der Waals surface area contributed by atoms with Crippen molar-refractivity contribution < 1.29 is 13.9 Å². The van der Waals surface area contributed by atoms with E-state index in [0.717, 1.165) is 36.2 Å². The fraction of sp³-hybridized carbons (Fsp3) is 0.250. The molecule has 0 spiro atoms. The van der Waals surface area contributed by atoms with Crippen LogP contribution in [0, 0.1) is 5.82 Å². The van der Waals surface area contributed by atoms with Crippen molar-refractivity contribution >= 4 is 28.4 Å². The predicted molar refractivity (Wildman–Crippen MR) is 141 cm³/mol. The van der Waals surface area contributed by atoms with Gasteiger partial charge < -0.3 is 15.0 Å². The van der Waals surface area contributed by atoms with E-state index in [1.54, 1.807) is 28.9 Å². The molecule has 1 aliphatic heterocycles. The second-order valence-corrected chi connectivity index (χ2v) is 9.23. The Balaban J connectivity index is 1.18. The van der Waals surface area contributed by atoms with E-state index in [0.29, 0.717) is 42.3 Å². The molecule has 10 heteroatoms. The summed E-state index contributed by atoms with van der Waals surface area (Å²) in [5.74, 6) is 1.55. The molecule has 0 saturated carbocycles. The molecule has 192 valence electrons. The number of fused-ring (bicyclic) bond motifs is 2. The minimum absolute atomic E-state index is 0.129. The van der Waals surface area contributed by atoms with Crippen LogP contribution < -0.4 is 15.0 Å². The van der Waals surface area contributed by atoms with Gasteiger partial charge in [0, 0.05) is 30.7 Å². The number of benzene rings is 2. The van der Waals surface area contributed by atoms with Gasteiger partial charge in [-0.3, -0.25) is 4.79 Å². The highest BCUT2D eigenvalue weighted by molar-refractivity contribution is 5.97. The number of rotatable bonds is 8. The van der Waals surface area contributed by atoms with E-state index in [2.05, 4.69) is 30.3 Å². The highest BCUT2D eigenvalue weighted by Gasteiger charge is 2.28. The van der Waals surface area contributed by atoms with E-state index in [9.17, 15) is 9.18 Å². The van der Waals surface area contributed by atoms with E-state index in [1.165, 1.54) is 18.5 Å². The normalized spacial score (nSPS) is 15.3. The minimum atomic E-state index is -0.282. The number of anilines is 1. The van der Waals surface area contributed by atoms with Crippen molar-refractivity contribution in [3.8, 4) is 5.75 Å². The molecule has 1 fully saturated rings. The number of amides is 1. The van der Waals surface area contributed by atoms with Gasteiger partial charge in [0.25, 0.3) is 11.7 Å². The summed E-state index contributed by atoms with van der Waals surface area (Å²) < 4.78 is 21.3. The van der Waals surface area contributed by atoms with Gasteiger partial charge in [-0.05, 0) is 55.2 Å². The van der Waals surface area contributed by atoms with Crippen molar-refractivity contribution in [3.05, 3.63) is 90.3 Å². The maximum atomic E-state index is 13.1. The third-order valence-electron chi connectivity index (χ3n) is 6.79. The SMILES string of the molecule is O=C(NCCc1ccc(F)cc1)c1cc(OCC2CCCN2c2ccnc3ncnn23)c2ccccc2n1. The molecule has 1 aliphatic rings. The molecule has 1 atom stereocenters. The van der Waals surface area contributed by atoms with Crippen LogP contribution >= 0.6 is 0 Å². The molecule has 2 aromatic carbocycles. The van der Waals surface area contributed by atoms with E-state index in [-0.39, 0.29) is 17.8 Å². The summed E-state index contributed by atoms with van der Waals surface area (Å²) in [7, 11) is 0. The summed E-state index contributed by atoms with van der Waals surface area (Å²) in [5, 5.41) is 8.09. The number of pyridine rings is 1. The van der Waals surface area contributed by atoms with E-state index >= 15 is 0 Å². The van der Waals surface area contributed by atoms with Gasteiger partial charge in [-0.15, -0.1) is 0 Å². The van der Waals surface area contributed by atoms with E-state index in [1.807, 2.05) is 30.3 Å². The van der Waals surface area contributed by atoms with Crippen molar-refractivity contribution in [2.45, 2.75) is 25.3 Å². The van der Waals surface area contributed by atoms with Crippen molar-refractivity contribution in [2.75, 3.05) is 24.6 Å². The minimum Gasteiger partial charge on any atom is -0.491 e. The zero-order valence-electron chi connectivity index (χ0n) is 20.6. The Morgan fingerprint density at radius 3 is 2.87 bits per heavy atom. The molecule has 9 nitrogen and oxygen atoms in total. The number of nitrogens with one attached hydrogen (secondary N) is 1. The Morgan fingerprint density at radius 2 is 1.97 bits per heavy atom. The Kier molecular flexibility index (Phi) is 6.51. The molecule has 0 aliphatic carbocycles. The topological polar surface area (TPSA) is 97.5 Å². The Labute approximate surface area is 218 Å². The lowest BCUT2D eigenvalue weighted by atomic mass is 10.1. The van der Waals surface area contributed by atoms with Crippen molar-refractivity contribution in [1.29, 1.82) is 0 Å². The second kappa shape index (κ2) is 10.4. The van der Waals surface area contributed by atoms with Gasteiger partial charge in [0.1, 0.15) is 36.0 Å². The highest BCUT2D eigenvalue weighted by Crippen LogP contribution is 2.29. The van der Waals surface area contributed by atoms with Crippen LogP contribution in [0.1, 0.15) is 28.9 Å². The molecule has 0 radical (unpaired) electrons. The van der Waals surface area contributed by atoms with E-state index in [4.69, 9.17) is 4.74 Å². The Hall–Kier alpha value is -4.60. The van der Waals surface area contributed by atoms with Crippen LogP contribution in [0.2, 0.25) is 0 Å². The van der Waals surface area contributed by atoms with Gasteiger partial charge in [-0.1, -0.05) is 24.3 Å². The summed E-state index contributed by atoms with van der Waals surface area (Å²) in [6, 6.07) is 17.7. The first kappa shape index (κ1) is 23.8. The maximum Gasteiger partial charge on any atom is 0.270 e. The number of hydrogen-bond acceptors (Lipinski definition) is 7. The fourth-order valence-corrected chi connectivity index (χ4v) is 4.88. The fourth-order valence-electron chi connectivity index (χ4n) is 4.88. The summed E-state index contributed by atoms with van der Waals surface area (Å²) in [4.78, 5) is 28.3. The van der Waals surface area contributed by atoms with Crippen LogP contribution in [0.5, 0.6) is 5.75 Å². The van der Waals surface area contributed by atoms with Gasteiger partial charge in [0.15, 0.2) is 0 Å². The first-order valence-electron chi connectivity index (χ1n) is 12.6. The largest absolute Gasteiger partial charge is 0.491 e. The summed E-state index contributed by atoms with van der Waals surface area (Å²) in [6.07, 6.45) is 5.84. The molecule has 38 heavy (non-hydrogen) atoms. The standard InChI is InChI=1S/C28H26FN7O2/c29-20-9-7-19(8-10-20)11-13-30-27(37)24-16-25(22-5-1-2-6-23(22)34-24)38-17-21-4-3-15-35(21)26-12-14-31-28-32-18-33-36(26)28/h1-2,5-10,12,14,16,18,21H,3-4,11,13,15,17H2,(H,30,37). The average Bonchev–Trinajstić information content (AvgIpc) is 3.62. The summed E-state index contributed by atoms with van der Waals surface area (Å²) in [5.41, 5.74) is 1.93. The zero-order chi connectivity index (χ0) is 25.9. The van der Waals surface area contributed by atoms with Gasteiger partial charge in [-0.25, -0.2) is 14.4 Å². The molecular weight excluding hydrogens is 485 g/mol. The van der Waals surface area contributed by atoms with Crippen LogP contribution in [-0.4, -0.2) is 56.2 Å². The van der Waals surface area contributed by atoms with Crippen molar-refractivity contribution in [2.24, 2.45) is 0 Å². The third kappa shape index (κ3) is 4.84. The molecule has 1 unspecified atom stereocenters. The molecule has 0 bridgehead atoms. The molecule has 1 amide bonds. The molecule has 1 saturated heterocycles. The molecule has 6 rings (SSSR count). The third-order valence-corrected chi connectivity index (χ3v) is 6.79. The monoisotopic (exact) mass is 511 g/mol. The molecular formula is C28H26FN7O2. The smallest absolute Gasteiger partial charge is 0.270 e. The van der Waals surface area contributed by atoms with Gasteiger partial charge in [-0.2, -0.15) is 14.6 Å². The van der Waals surface area contributed by atoms with Crippen LogP contribution in [0.3, 0.4) is 0 Å². The lowest BCUT2D eigenvalue weighted by molar-refractivity contribution is 0.0949. The Morgan fingerprint density at radius 1 is 1.11 bits per heavy atom.